The number of alkyl halides is 2. The van der Waals surface area contributed by atoms with Gasteiger partial charge in [0.15, 0.2) is 0 Å². The highest BCUT2D eigenvalue weighted by Crippen LogP contribution is 2.31. The van der Waals surface area contributed by atoms with Crippen molar-refractivity contribution in [1.82, 2.24) is 0 Å². The second-order valence-electron chi connectivity index (χ2n) is 4.39. The van der Waals surface area contributed by atoms with Crippen LogP contribution in [0.2, 0.25) is 0 Å². The molecule has 0 saturated heterocycles. The number of rotatable bonds is 4. The van der Waals surface area contributed by atoms with E-state index in [2.05, 4.69) is 0 Å². The average Bonchev–Trinajstić information content (AvgIpc) is 2.47. The maximum Gasteiger partial charge on any atom is 0.289 e. The van der Waals surface area contributed by atoms with Gasteiger partial charge in [-0.05, 0) is 22.8 Å². The van der Waals surface area contributed by atoms with Crippen LogP contribution in [0, 0.1) is 0 Å². The maximum atomic E-state index is 13.4. The van der Waals surface area contributed by atoms with Crippen molar-refractivity contribution < 1.29 is 13.9 Å². The van der Waals surface area contributed by atoms with E-state index >= 15 is 0 Å². The van der Waals surface area contributed by atoms with Crippen LogP contribution in [0.25, 0.3) is 11.1 Å². The molecule has 2 aromatic carbocycles. The summed E-state index contributed by atoms with van der Waals surface area (Å²) in [7, 11) is 0. The molecule has 0 spiro atoms. The van der Waals surface area contributed by atoms with Gasteiger partial charge in [0.25, 0.3) is 5.92 Å². The van der Waals surface area contributed by atoms with Crippen molar-refractivity contribution in [1.29, 1.82) is 0 Å². The SMILES string of the molecule is Cl.N[C@@H](c1cccc(-c2ccccc2)c1)C(F)(F)CO. The average molecular weight is 300 g/mol. The maximum absolute atomic E-state index is 13.4. The molecule has 0 aliphatic rings. The highest BCUT2D eigenvalue weighted by atomic mass is 35.5. The Bertz CT molecular complexity index is 549. The Hall–Kier alpha value is -1.49. The van der Waals surface area contributed by atoms with Crippen LogP contribution in [0.1, 0.15) is 11.6 Å². The Kier molecular flexibility index (Phi) is 5.62. The van der Waals surface area contributed by atoms with E-state index in [0.717, 1.165) is 11.1 Å². The van der Waals surface area contributed by atoms with E-state index in [9.17, 15) is 8.78 Å². The van der Waals surface area contributed by atoms with Crippen LogP contribution in [0.15, 0.2) is 54.6 Å². The zero-order valence-electron chi connectivity index (χ0n) is 10.7. The minimum Gasteiger partial charge on any atom is -0.390 e. The molecular weight excluding hydrogens is 284 g/mol. The van der Waals surface area contributed by atoms with Crippen LogP contribution < -0.4 is 5.73 Å². The summed E-state index contributed by atoms with van der Waals surface area (Å²) in [5.41, 5.74) is 7.58. The summed E-state index contributed by atoms with van der Waals surface area (Å²) < 4.78 is 26.8. The molecule has 0 aliphatic heterocycles. The third kappa shape index (κ3) is 3.54. The number of aliphatic hydroxyl groups is 1. The minimum atomic E-state index is -3.32. The van der Waals surface area contributed by atoms with Gasteiger partial charge >= 0.3 is 0 Å². The van der Waals surface area contributed by atoms with E-state index in [4.69, 9.17) is 10.8 Å². The molecule has 0 radical (unpaired) electrons. The largest absolute Gasteiger partial charge is 0.390 e. The normalized spacial score (nSPS) is 12.6. The van der Waals surface area contributed by atoms with Crippen LogP contribution in [-0.2, 0) is 0 Å². The van der Waals surface area contributed by atoms with Gasteiger partial charge in [0.05, 0.1) is 6.04 Å². The molecule has 0 saturated carbocycles. The molecule has 20 heavy (non-hydrogen) atoms. The Morgan fingerprint density at radius 1 is 1.00 bits per heavy atom. The number of halogens is 3. The monoisotopic (exact) mass is 299 g/mol. The molecule has 0 unspecified atom stereocenters. The van der Waals surface area contributed by atoms with Gasteiger partial charge in [-0.1, -0.05) is 48.5 Å². The first-order valence-electron chi connectivity index (χ1n) is 5.94. The van der Waals surface area contributed by atoms with Crippen molar-refractivity contribution in [2.24, 2.45) is 5.73 Å². The lowest BCUT2D eigenvalue weighted by Crippen LogP contribution is -2.36. The van der Waals surface area contributed by atoms with Crippen LogP contribution in [0.3, 0.4) is 0 Å². The lowest BCUT2D eigenvalue weighted by atomic mass is 9.97. The fourth-order valence-corrected chi connectivity index (χ4v) is 1.88. The Labute approximate surface area is 122 Å². The molecule has 3 N–H and O–H groups in total. The summed E-state index contributed by atoms with van der Waals surface area (Å²) in [5, 5.41) is 8.68. The van der Waals surface area contributed by atoms with Gasteiger partial charge < -0.3 is 10.8 Å². The standard InChI is InChI=1S/C15H15F2NO.ClH/c16-15(17,10-19)14(18)13-8-4-7-12(9-13)11-5-2-1-3-6-11;/h1-9,14,19H,10,18H2;1H/t14-;/m0./s1. The van der Waals surface area contributed by atoms with Crippen molar-refractivity contribution in [2.45, 2.75) is 12.0 Å². The van der Waals surface area contributed by atoms with E-state index in [1.807, 2.05) is 36.4 Å². The molecule has 0 heterocycles. The van der Waals surface area contributed by atoms with Crippen LogP contribution >= 0.6 is 12.4 Å². The third-order valence-corrected chi connectivity index (χ3v) is 3.02. The summed E-state index contributed by atoms with van der Waals surface area (Å²) in [4.78, 5) is 0. The lowest BCUT2D eigenvalue weighted by molar-refractivity contribution is -0.0711. The summed E-state index contributed by atoms with van der Waals surface area (Å²) in [6.07, 6.45) is 0. The van der Waals surface area contributed by atoms with Crippen molar-refractivity contribution in [3.63, 3.8) is 0 Å². The number of nitrogens with two attached hydrogens (primary N) is 1. The molecule has 0 aliphatic carbocycles. The molecule has 0 aromatic heterocycles. The zero-order chi connectivity index (χ0) is 13.9. The summed E-state index contributed by atoms with van der Waals surface area (Å²) >= 11 is 0. The van der Waals surface area contributed by atoms with Crippen molar-refractivity contribution >= 4 is 12.4 Å². The van der Waals surface area contributed by atoms with E-state index in [1.54, 1.807) is 18.2 Å². The minimum absolute atomic E-state index is 0. The molecule has 0 bridgehead atoms. The Balaban J connectivity index is 0.00000200. The summed E-state index contributed by atoms with van der Waals surface area (Å²) in [6.45, 7) is -1.26. The highest BCUT2D eigenvalue weighted by Gasteiger charge is 2.37. The van der Waals surface area contributed by atoms with Crippen molar-refractivity contribution in [2.75, 3.05) is 6.61 Å². The fourth-order valence-electron chi connectivity index (χ4n) is 1.88. The lowest BCUT2D eigenvalue weighted by Gasteiger charge is -2.22. The molecule has 2 nitrogen and oxygen atoms in total. The first kappa shape index (κ1) is 16.6. The summed E-state index contributed by atoms with van der Waals surface area (Å²) in [5.74, 6) is -3.32. The van der Waals surface area contributed by atoms with Crippen LogP contribution in [-0.4, -0.2) is 17.6 Å². The molecule has 2 aromatic rings. The molecule has 2 rings (SSSR count). The van der Waals surface area contributed by atoms with Gasteiger partial charge in [0.2, 0.25) is 0 Å². The van der Waals surface area contributed by atoms with Crippen molar-refractivity contribution in [3.8, 4) is 11.1 Å². The molecular formula is C15H16ClF2NO. The van der Waals surface area contributed by atoms with Crippen molar-refractivity contribution in [3.05, 3.63) is 60.2 Å². The molecule has 1 atom stereocenters. The smallest absolute Gasteiger partial charge is 0.289 e. The second-order valence-corrected chi connectivity index (χ2v) is 4.39. The number of hydrogen-bond acceptors (Lipinski definition) is 2. The number of benzene rings is 2. The van der Waals surface area contributed by atoms with E-state index in [-0.39, 0.29) is 12.4 Å². The number of hydrogen-bond donors (Lipinski definition) is 2. The molecule has 5 heteroatoms. The van der Waals surface area contributed by atoms with E-state index in [1.165, 1.54) is 0 Å². The Morgan fingerprint density at radius 2 is 1.60 bits per heavy atom. The molecule has 0 fully saturated rings. The summed E-state index contributed by atoms with van der Waals surface area (Å²) in [6, 6.07) is 14.6. The zero-order valence-corrected chi connectivity index (χ0v) is 11.5. The highest BCUT2D eigenvalue weighted by molar-refractivity contribution is 5.85. The first-order valence-corrected chi connectivity index (χ1v) is 5.94. The Morgan fingerprint density at radius 3 is 2.20 bits per heavy atom. The molecule has 108 valence electrons. The fraction of sp³-hybridized carbons (Fsp3) is 0.200. The second kappa shape index (κ2) is 6.79. The van der Waals surface area contributed by atoms with Gasteiger partial charge in [-0.2, -0.15) is 0 Å². The first-order chi connectivity index (χ1) is 9.04. The topological polar surface area (TPSA) is 46.2 Å². The number of aliphatic hydroxyl groups excluding tert-OH is 1. The molecule has 0 amide bonds. The van der Waals surface area contributed by atoms with Crippen LogP contribution in [0.4, 0.5) is 8.78 Å². The van der Waals surface area contributed by atoms with Gasteiger partial charge in [-0.25, -0.2) is 8.78 Å². The third-order valence-electron chi connectivity index (χ3n) is 3.02. The van der Waals surface area contributed by atoms with E-state index in [0.29, 0.717) is 5.56 Å². The van der Waals surface area contributed by atoms with Gasteiger partial charge in [0, 0.05) is 0 Å². The van der Waals surface area contributed by atoms with Gasteiger partial charge in [0.1, 0.15) is 6.61 Å². The van der Waals surface area contributed by atoms with Gasteiger partial charge in [-0.15, -0.1) is 12.4 Å². The predicted molar refractivity (Wildman–Crippen MR) is 78.1 cm³/mol. The quantitative estimate of drug-likeness (QED) is 0.909. The predicted octanol–water partition coefficient (Wildman–Crippen LogP) is 3.40. The van der Waals surface area contributed by atoms with Crippen LogP contribution in [0.5, 0.6) is 0 Å². The van der Waals surface area contributed by atoms with Gasteiger partial charge in [-0.3, -0.25) is 0 Å². The van der Waals surface area contributed by atoms with E-state index < -0.39 is 18.6 Å².